The fourth-order valence-electron chi connectivity index (χ4n) is 4.35. The Morgan fingerprint density at radius 2 is 1.66 bits per heavy atom. The van der Waals surface area contributed by atoms with Crippen LogP contribution in [0.4, 0.5) is 4.39 Å². The van der Waals surface area contributed by atoms with Crippen LogP contribution >= 0.6 is 0 Å². The number of hydrogen-bond donors (Lipinski definition) is 0. The zero-order valence-corrected chi connectivity index (χ0v) is 17.2. The minimum atomic E-state index is -0.965. The molecule has 4 nitrogen and oxygen atoms in total. The highest BCUT2D eigenvalue weighted by molar-refractivity contribution is 5.81. The summed E-state index contributed by atoms with van der Waals surface area (Å²) in [6.07, 6.45) is 0.380. The number of halogens is 1. The predicted molar refractivity (Wildman–Crippen MR) is 111 cm³/mol. The number of carbonyl (C=O) groups is 1. The molecule has 154 valence electrons. The zero-order valence-electron chi connectivity index (χ0n) is 17.2. The molecular weight excluding hydrogens is 367 g/mol. The number of carbonyl (C=O) groups excluding carboxylic acids is 1. The Hall–Kier alpha value is -2.24. The Balaban J connectivity index is 1.40. The molecule has 2 heterocycles. The lowest BCUT2D eigenvalue weighted by molar-refractivity contribution is -0.212. The molecule has 2 aliphatic heterocycles. The van der Waals surface area contributed by atoms with E-state index in [1.54, 1.807) is 0 Å². The van der Waals surface area contributed by atoms with Gasteiger partial charge in [0.15, 0.2) is 0 Å². The van der Waals surface area contributed by atoms with Crippen molar-refractivity contribution in [3.63, 3.8) is 0 Å². The Morgan fingerprint density at radius 1 is 1.00 bits per heavy atom. The molecule has 5 heteroatoms. The van der Waals surface area contributed by atoms with Gasteiger partial charge >= 0.3 is 0 Å². The van der Waals surface area contributed by atoms with E-state index in [0.29, 0.717) is 26.1 Å². The smallest absolute Gasteiger partial charge is 0.263 e. The van der Waals surface area contributed by atoms with E-state index in [9.17, 15) is 4.79 Å². The van der Waals surface area contributed by atoms with E-state index in [0.717, 1.165) is 24.1 Å². The molecular formula is C24H29FN2O2. The van der Waals surface area contributed by atoms with Crippen molar-refractivity contribution in [1.29, 1.82) is 0 Å². The summed E-state index contributed by atoms with van der Waals surface area (Å²) >= 11 is 0. The summed E-state index contributed by atoms with van der Waals surface area (Å²) in [6.45, 7) is 6.01. The zero-order chi connectivity index (χ0) is 20.4. The molecule has 2 aromatic rings. The van der Waals surface area contributed by atoms with Crippen molar-refractivity contribution < 1.29 is 14.0 Å². The van der Waals surface area contributed by atoms with Gasteiger partial charge in [-0.25, -0.2) is 9.45 Å². The number of rotatable bonds is 4. The maximum atomic E-state index is 15.1. The summed E-state index contributed by atoms with van der Waals surface area (Å²) in [4.78, 5) is 20.7. The number of nitrogens with zero attached hydrogens (tertiary/aromatic N) is 2. The second-order valence-electron chi connectivity index (χ2n) is 8.31. The monoisotopic (exact) mass is 396 g/mol. The summed E-state index contributed by atoms with van der Waals surface area (Å²) in [5.41, 5.74) is 4.46. The van der Waals surface area contributed by atoms with Gasteiger partial charge in [0.05, 0.1) is 19.2 Å². The van der Waals surface area contributed by atoms with Crippen LogP contribution in [0.2, 0.25) is 0 Å². The number of hydroxylamine groups is 2. The van der Waals surface area contributed by atoms with Crippen molar-refractivity contribution in [2.24, 2.45) is 0 Å². The second-order valence-corrected chi connectivity index (χ2v) is 8.31. The average Bonchev–Trinajstić information content (AvgIpc) is 2.72. The third kappa shape index (κ3) is 4.51. The molecule has 0 spiro atoms. The number of benzene rings is 2. The van der Waals surface area contributed by atoms with Crippen molar-refractivity contribution >= 4 is 5.91 Å². The van der Waals surface area contributed by atoms with Gasteiger partial charge in [0.1, 0.15) is 6.17 Å². The van der Waals surface area contributed by atoms with Crippen LogP contribution in [0.1, 0.15) is 41.0 Å². The second kappa shape index (κ2) is 8.64. The highest BCUT2D eigenvalue weighted by atomic mass is 19.1. The highest BCUT2D eigenvalue weighted by Gasteiger charge is 2.39. The lowest BCUT2D eigenvalue weighted by Crippen LogP contribution is -2.56. The summed E-state index contributed by atoms with van der Waals surface area (Å²) in [5, 5.41) is 1.46. The van der Waals surface area contributed by atoms with Gasteiger partial charge in [-0.05, 0) is 44.4 Å². The number of likely N-dealkylation sites (tertiary alicyclic amines) is 1. The SMILES string of the molecule is Cc1ccc(CN2OCCC(N3CC[C@H](c4ccc(C)cc4)[C@@H](F)C3)C2=O)cc1. The number of amides is 1. The molecule has 0 N–H and O–H groups in total. The van der Waals surface area contributed by atoms with Gasteiger partial charge in [0.2, 0.25) is 0 Å². The maximum Gasteiger partial charge on any atom is 0.263 e. The van der Waals surface area contributed by atoms with E-state index in [-0.39, 0.29) is 17.9 Å². The molecule has 0 bridgehead atoms. The first kappa shape index (κ1) is 20.0. The molecule has 4 rings (SSSR count). The molecule has 3 atom stereocenters. The van der Waals surface area contributed by atoms with Gasteiger partial charge in [-0.3, -0.25) is 14.5 Å². The lowest BCUT2D eigenvalue weighted by atomic mass is 9.86. The molecule has 2 saturated heterocycles. The van der Waals surface area contributed by atoms with Gasteiger partial charge in [-0.1, -0.05) is 59.7 Å². The molecule has 2 aliphatic rings. The fraction of sp³-hybridized carbons (Fsp3) is 0.458. The molecule has 0 saturated carbocycles. The standard InChI is InChI=1S/C24H29FN2O2/c1-17-3-7-19(8-4-17)15-27-24(28)23(12-14-29-27)26-13-11-21(22(25)16-26)20-9-5-18(2)6-10-20/h3-10,21-23H,11-16H2,1-2H3/t21-,22+,23?/m1/s1. The van der Waals surface area contributed by atoms with Gasteiger partial charge in [-0.2, -0.15) is 0 Å². The quantitative estimate of drug-likeness (QED) is 0.778. The Morgan fingerprint density at radius 3 is 2.31 bits per heavy atom. The van der Waals surface area contributed by atoms with E-state index in [4.69, 9.17) is 4.84 Å². The van der Waals surface area contributed by atoms with Crippen molar-refractivity contribution in [2.45, 2.75) is 51.4 Å². The van der Waals surface area contributed by atoms with E-state index in [2.05, 4.69) is 0 Å². The van der Waals surface area contributed by atoms with Crippen molar-refractivity contribution in [1.82, 2.24) is 9.96 Å². The Labute approximate surface area is 172 Å². The van der Waals surface area contributed by atoms with Crippen LogP contribution in [0.15, 0.2) is 48.5 Å². The summed E-state index contributed by atoms with van der Waals surface area (Å²) in [6, 6.07) is 15.9. The maximum absolute atomic E-state index is 15.1. The van der Waals surface area contributed by atoms with Crippen LogP contribution in [-0.4, -0.2) is 47.8 Å². The largest absolute Gasteiger partial charge is 0.289 e. The van der Waals surface area contributed by atoms with Gasteiger partial charge in [-0.15, -0.1) is 0 Å². The molecule has 2 fully saturated rings. The molecule has 0 aliphatic carbocycles. The summed E-state index contributed by atoms with van der Waals surface area (Å²) in [7, 11) is 0. The lowest BCUT2D eigenvalue weighted by Gasteiger charge is -2.42. The van der Waals surface area contributed by atoms with E-state index >= 15 is 4.39 Å². The van der Waals surface area contributed by atoms with E-state index < -0.39 is 6.17 Å². The third-order valence-electron chi connectivity index (χ3n) is 6.14. The van der Waals surface area contributed by atoms with Gasteiger partial charge in [0.25, 0.3) is 5.91 Å². The molecule has 0 aromatic heterocycles. The van der Waals surface area contributed by atoms with Crippen LogP contribution < -0.4 is 0 Å². The molecule has 1 amide bonds. The Bertz CT molecular complexity index is 837. The number of alkyl halides is 1. The van der Waals surface area contributed by atoms with Crippen molar-refractivity contribution in [3.8, 4) is 0 Å². The summed E-state index contributed by atoms with van der Waals surface area (Å²) < 4.78 is 15.1. The molecule has 1 unspecified atom stereocenters. The van der Waals surface area contributed by atoms with Crippen molar-refractivity contribution in [3.05, 3.63) is 70.8 Å². The van der Waals surface area contributed by atoms with Crippen LogP contribution in [0.3, 0.4) is 0 Å². The highest BCUT2D eigenvalue weighted by Crippen LogP contribution is 2.33. The molecule has 0 radical (unpaired) electrons. The first-order valence-electron chi connectivity index (χ1n) is 10.5. The summed E-state index contributed by atoms with van der Waals surface area (Å²) in [5.74, 6) is -0.150. The minimum Gasteiger partial charge on any atom is -0.289 e. The number of hydrogen-bond acceptors (Lipinski definition) is 3. The number of piperidine rings is 1. The van der Waals surface area contributed by atoms with Crippen LogP contribution in [-0.2, 0) is 16.2 Å². The van der Waals surface area contributed by atoms with Gasteiger partial charge < -0.3 is 0 Å². The normalized spacial score (nSPS) is 26.0. The molecule has 29 heavy (non-hydrogen) atoms. The van der Waals surface area contributed by atoms with Crippen LogP contribution in [0, 0.1) is 13.8 Å². The first-order chi connectivity index (χ1) is 14.0. The molecule has 2 aromatic carbocycles. The van der Waals surface area contributed by atoms with Crippen LogP contribution in [0.25, 0.3) is 0 Å². The minimum absolute atomic E-state index is 0.0576. The predicted octanol–water partition coefficient (Wildman–Crippen LogP) is 4.16. The van der Waals surface area contributed by atoms with E-state index in [1.807, 2.05) is 67.3 Å². The van der Waals surface area contributed by atoms with E-state index in [1.165, 1.54) is 16.2 Å². The first-order valence-corrected chi connectivity index (χ1v) is 10.5. The number of aryl methyl sites for hydroxylation is 2. The fourth-order valence-corrected chi connectivity index (χ4v) is 4.35. The van der Waals surface area contributed by atoms with Crippen LogP contribution in [0.5, 0.6) is 0 Å². The average molecular weight is 397 g/mol. The third-order valence-corrected chi connectivity index (χ3v) is 6.14. The van der Waals surface area contributed by atoms with Gasteiger partial charge in [0, 0.05) is 12.5 Å². The topological polar surface area (TPSA) is 32.8 Å². The van der Waals surface area contributed by atoms with Crippen molar-refractivity contribution in [2.75, 3.05) is 19.7 Å². The Kier molecular flexibility index (Phi) is 5.97.